The lowest BCUT2D eigenvalue weighted by Gasteiger charge is -2.25. The normalized spacial score (nSPS) is 12.5. The van der Waals surface area contributed by atoms with Crippen LogP contribution in [0.4, 0.5) is 5.69 Å². The van der Waals surface area contributed by atoms with Crippen LogP contribution >= 0.6 is 0 Å². The van der Waals surface area contributed by atoms with Gasteiger partial charge in [0.15, 0.2) is 5.78 Å². The van der Waals surface area contributed by atoms with Crippen LogP contribution in [-0.2, 0) is 4.79 Å². The third-order valence-corrected chi connectivity index (χ3v) is 3.76. The molecule has 4 nitrogen and oxygen atoms in total. The van der Waals surface area contributed by atoms with Crippen molar-refractivity contribution in [2.45, 2.75) is 46.2 Å². The van der Waals surface area contributed by atoms with Gasteiger partial charge in [0.1, 0.15) is 0 Å². The molecule has 0 aliphatic carbocycles. The highest BCUT2D eigenvalue weighted by molar-refractivity contribution is 6.14. The van der Waals surface area contributed by atoms with E-state index in [-0.39, 0.29) is 23.3 Å². The summed E-state index contributed by atoms with van der Waals surface area (Å²) < 4.78 is 0. The van der Waals surface area contributed by atoms with Crippen molar-refractivity contribution in [3.8, 4) is 0 Å². The summed E-state index contributed by atoms with van der Waals surface area (Å²) in [6.07, 6.45) is 0. The number of nitrogens with one attached hydrogen (secondary N) is 2. The van der Waals surface area contributed by atoms with Crippen LogP contribution in [0.15, 0.2) is 48.5 Å². The van der Waals surface area contributed by atoms with Crippen LogP contribution in [0.3, 0.4) is 0 Å². The van der Waals surface area contributed by atoms with Crippen molar-refractivity contribution in [3.63, 3.8) is 0 Å². The van der Waals surface area contributed by atoms with Gasteiger partial charge in [-0.3, -0.25) is 9.59 Å². The topological polar surface area (TPSA) is 58.2 Å². The summed E-state index contributed by atoms with van der Waals surface area (Å²) in [5, 5.41) is 6.12. The predicted octanol–water partition coefficient (Wildman–Crippen LogP) is 3.94. The number of aryl methyl sites for hydroxylation is 1. The lowest BCUT2D eigenvalue weighted by Crippen LogP contribution is -2.48. The lowest BCUT2D eigenvalue weighted by atomic mass is 9.99. The Bertz CT molecular complexity index is 761. The maximum Gasteiger partial charge on any atom is 0.241 e. The molecule has 0 radical (unpaired) electrons. The Labute approximate surface area is 149 Å². The molecule has 1 unspecified atom stereocenters. The van der Waals surface area contributed by atoms with Gasteiger partial charge in [-0.05, 0) is 46.8 Å². The monoisotopic (exact) mass is 338 g/mol. The van der Waals surface area contributed by atoms with Crippen molar-refractivity contribution in [1.29, 1.82) is 0 Å². The Hall–Kier alpha value is -2.46. The Morgan fingerprint density at radius 1 is 1.00 bits per heavy atom. The number of amides is 1. The zero-order valence-corrected chi connectivity index (χ0v) is 15.5. The van der Waals surface area contributed by atoms with Crippen LogP contribution < -0.4 is 10.6 Å². The van der Waals surface area contributed by atoms with Gasteiger partial charge < -0.3 is 10.6 Å². The van der Waals surface area contributed by atoms with Crippen molar-refractivity contribution < 1.29 is 9.59 Å². The van der Waals surface area contributed by atoms with Crippen LogP contribution in [0.1, 0.15) is 49.2 Å². The Morgan fingerprint density at radius 3 is 2.24 bits per heavy atom. The maximum absolute atomic E-state index is 12.8. The van der Waals surface area contributed by atoms with Gasteiger partial charge >= 0.3 is 0 Å². The van der Waals surface area contributed by atoms with E-state index >= 15 is 0 Å². The van der Waals surface area contributed by atoms with Crippen molar-refractivity contribution in [3.05, 3.63) is 65.2 Å². The molecule has 1 atom stereocenters. The molecule has 2 N–H and O–H groups in total. The fourth-order valence-corrected chi connectivity index (χ4v) is 2.66. The number of hydrogen-bond donors (Lipinski definition) is 2. The van der Waals surface area contributed by atoms with Gasteiger partial charge in [-0.2, -0.15) is 0 Å². The second-order valence-electron chi connectivity index (χ2n) is 7.35. The SMILES string of the molecule is Cc1ccc(NC(=O)C(C)NC(C)(C)C)c(C(=O)c2ccccc2)c1. The fraction of sp³-hybridized carbons (Fsp3) is 0.333. The average Bonchev–Trinajstić information content (AvgIpc) is 2.55. The molecule has 132 valence electrons. The standard InChI is InChI=1S/C21H26N2O2/c1-14-11-12-18(22-20(25)15(2)23-21(3,4)5)17(13-14)19(24)16-9-7-6-8-10-16/h6-13,15,23H,1-5H3,(H,22,25). The van der Waals surface area contributed by atoms with E-state index in [1.807, 2.05) is 65.0 Å². The second kappa shape index (κ2) is 7.62. The number of hydrogen-bond acceptors (Lipinski definition) is 3. The summed E-state index contributed by atoms with van der Waals surface area (Å²) in [5.41, 5.74) is 2.43. The van der Waals surface area contributed by atoms with Gasteiger partial charge in [-0.25, -0.2) is 0 Å². The molecule has 2 aromatic carbocycles. The molecule has 2 rings (SSSR count). The first-order chi connectivity index (χ1) is 11.7. The number of carbonyl (C=O) groups excluding carboxylic acids is 2. The Kier molecular flexibility index (Phi) is 5.75. The van der Waals surface area contributed by atoms with Crippen LogP contribution in [0.2, 0.25) is 0 Å². The molecule has 25 heavy (non-hydrogen) atoms. The molecule has 2 aromatic rings. The molecule has 0 saturated carbocycles. The number of benzene rings is 2. The fourth-order valence-electron chi connectivity index (χ4n) is 2.66. The summed E-state index contributed by atoms with van der Waals surface area (Å²) in [5.74, 6) is -0.267. The minimum Gasteiger partial charge on any atom is -0.324 e. The Balaban J connectivity index is 2.27. The quantitative estimate of drug-likeness (QED) is 0.812. The van der Waals surface area contributed by atoms with Gasteiger partial charge in [0, 0.05) is 16.7 Å². The minimum absolute atomic E-state index is 0.101. The highest BCUT2D eigenvalue weighted by Gasteiger charge is 2.21. The molecule has 0 aliphatic heterocycles. The molecule has 1 amide bonds. The van der Waals surface area contributed by atoms with E-state index in [1.54, 1.807) is 18.2 Å². The molecule has 0 aliphatic rings. The third kappa shape index (κ3) is 5.26. The summed E-state index contributed by atoms with van der Waals surface area (Å²) in [7, 11) is 0. The number of ketones is 1. The van der Waals surface area contributed by atoms with Crippen molar-refractivity contribution >= 4 is 17.4 Å². The second-order valence-corrected chi connectivity index (χ2v) is 7.35. The molecule has 0 spiro atoms. The summed E-state index contributed by atoms with van der Waals surface area (Å²) in [6, 6.07) is 14.2. The number of anilines is 1. The molecule has 0 bridgehead atoms. The van der Waals surface area contributed by atoms with E-state index in [4.69, 9.17) is 0 Å². The van der Waals surface area contributed by atoms with Crippen molar-refractivity contribution in [2.75, 3.05) is 5.32 Å². The van der Waals surface area contributed by atoms with E-state index < -0.39 is 0 Å². The third-order valence-electron chi connectivity index (χ3n) is 3.76. The number of rotatable bonds is 5. The largest absolute Gasteiger partial charge is 0.324 e. The van der Waals surface area contributed by atoms with Crippen LogP contribution in [0, 0.1) is 6.92 Å². The van der Waals surface area contributed by atoms with E-state index in [1.165, 1.54) is 0 Å². The summed E-state index contributed by atoms with van der Waals surface area (Å²) in [4.78, 5) is 25.3. The molecular weight excluding hydrogens is 312 g/mol. The summed E-state index contributed by atoms with van der Waals surface area (Å²) >= 11 is 0. The molecule has 4 heteroatoms. The van der Waals surface area contributed by atoms with Crippen LogP contribution in [-0.4, -0.2) is 23.3 Å². The molecule has 0 saturated heterocycles. The molecular formula is C21H26N2O2. The van der Waals surface area contributed by atoms with Crippen molar-refractivity contribution in [1.82, 2.24) is 5.32 Å². The van der Waals surface area contributed by atoms with Crippen LogP contribution in [0.25, 0.3) is 0 Å². The first-order valence-electron chi connectivity index (χ1n) is 8.46. The molecule has 0 heterocycles. The van der Waals surface area contributed by atoms with E-state index in [0.717, 1.165) is 5.56 Å². The summed E-state index contributed by atoms with van der Waals surface area (Å²) in [6.45, 7) is 9.76. The van der Waals surface area contributed by atoms with E-state index in [2.05, 4.69) is 10.6 Å². The van der Waals surface area contributed by atoms with E-state index in [9.17, 15) is 9.59 Å². The first kappa shape index (κ1) is 18.9. The van der Waals surface area contributed by atoms with Gasteiger partial charge in [0.05, 0.1) is 11.7 Å². The van der Waals surface area contributed by atoms with Crippen molar-refractivity contribution in [2.24, 2.45) is 0 Å². The zero-order chi connectivity index (χ0) is 18.6. The highest BCUT2D eigenvalue weighted by Crippen LogP contribution is 2.21. The minimum atomic E-state index is -0.374. The van der Waals surface area contributed by atoms with Gasteiger partial charge in [0.25, 0.3) is 0 Å². The lowest BCUT2D eigenvalue weighted by molar-refractivity contribution is -0.118. The van der Waals surface area contributed by atoms with Gasteiger partial charge in [-0.1, -0.05) is 42.0 Å². The van der Waals surface area contributed by atoms with Gasteiger partial charge in [0.2, 0.25) is 5.91 Å². The van der Waals surface area contributed by atoms with Crippen LogP contribution in [0.5, 0.6) is 0 Å². The number of carbonyl (C=O) groups is 2. The van der Waals surface area contributed by atoms with Gasteiger partial charge in [-0.15, -0.1) is 0 Å². The highest BCUT2D eigenvalue weighted by atomic mass is 16.2. The average molecular weight is 338 g/mol. The molecule has 0 fully saturated rings. The maximum atomic E-state index is 12.8. The zero-order valence-electron chi connectivity index (χ0n) is 15.5. The molecule has 0 aromatic heterocycles. The van der Waals surface area contributed by atoms with E-state index in [0.29, 0.717) is 16.8 Å². The first-order valence-corrected chi connectivity index (χ1v) is 8.46. The predicted molar refractivity (Wildman–Crippen MR) is 102 cm³/mol. The smallest absolute Gasteiger partial charge is 0.241 e. The Morgan fingerprint density at radius 2 is 1.64 bits per heavy atom.